The smallest absolute Gasteiger partial charge is 0.407 e. The van der Waals surface area contributed by atoms with E-state index in [1.54, 1.807) is 19.1 Å². The molecule has 8 heteroatoms. The van der Waals surface area contributed by atoms with Crippen LogP contribution in [0.3, 0.4) is 0 Å². The highest BCUT2D eigenvalue weighted by atomic mass is 16.7. The number of carboxylic acids is 1. The normalized spacial score (nSPS) is 15.9. The number of methoxy groups -OCH3 is 1. The van der Waals surface area contributed by atoms with E-state index in [0.717, 1.165) is 0 Å². The minimum absolute atomic E-state index is 0.00457. The average molecular weight is 393 g/mol. The van der Waals surface area contributed by atoms with Gasteiger partial charge in [-0.1, -0.05) is 6.92 Å². The van der Waals surface area contributed by atoms with E-state index in [1.165, 1.54) is 12.0 Å². The van der Waals surface area contributed by atoms with Gasteiger partial charge in [0.25, 0.3) is 0 Å². The molecule has 0 aromatic heterocycles. The summed E-state index contributed by atoms with van der Waals surface area (Å²) < 4.78 is 10.5. The maximum atomic E-state index is 12.8. The van der Waals surface area contributed by atoms with Crippen LogP contribution in [-0.4, -0.2) is 60.0 Å². The number of ether oxygens (including phenoxy) is 2. The van der Waals surface area contributed by atoms with Crippen LogP contribution in [-0.2, 0) is 14.9 Å². The van der Waals surface area contributed by atoms with E-state index < -0.39 is 17.5 Å². The van der Waals surface area contributed by atoms with E-state index in [4.69, 9.17) is 9.47 Å². The van der Waals surface area contributed by atoms with Crippen LogP contribution in [0, 0.1) is 6.92 Å². The SMILES string of the molecule is CCCC(=O)c1ccc(OCOC)c(C)c1C1(C(=O)O)CCN(C(=O)O)CC1. The van der Waals surface area contributed by atoms with Gasteiger partial charge in [0.15, 0.2) is 12.6 Å². The Morgan fingerprint density at radius 2 is 1.82 bits per heavy atom. The first-order chi connectivity index (χ1) is 13.3. The molecular formula is C20H27NO7. The van der Waals surface area contributed by atoms with Gasteiger partial charge in [-0.3, -0.25) is 9.59 Å². The second kappa shape index (κ2) is 9.05. The maximum Gasteiger partial charge on any atom is 0.407 e. The van der Waals surface area contributed by atoms with Crippen LogP contribution in [0.4, 0.5) is 4.79 Å². The second-order valence-electron chi connectivity index (χ2n) is 6.99. The molecule has 0 atom stereocenters. The van der Waals surface area contributed by atoms with Crippen LogP contribution in [0.1, 0.15) is 54.1 Å². The van der Waals surface area contributed by atoms with Crippen LogP contribution >= 0.6 is 0 Å². The molecule has 1 aromatic rings. The third-order valence-electron chi connectivity index (χ3n) is 5.30. The van der Waals surface area contributed by atoms with Gasteiger partial charge in [-0.25, -0.2) is 4.79 Å². The minimum atomic E-state index is -1.35. The maximum absolute atomic E-state index is 12.8. The van der Waals surface area contributed by atoms with Crippen molar-refractivity contribution in [3.05, 3.63) is 28.8 Å². The van der Waals surface area contributed by atoms with E-state index in [1.807, 2.05) is 6.92 Å². The first-order valence-corrected chi connectivity index (χ1v) is 9.28. The number of carbonyl (C=O) groups is 3. The number of hydrogen-bond acceptors (Lipinski definition) is 5. The molecule has 0 saturated carbocycles. The Bertz CT molecular complexity index is 751. The quantitative estimate of drug-likeness (QED) is 0.515. The molecule has 0 aliphatic carbocycles. The fraction of sp³-hybridized carbons (Fsp3) is 0.550. The summed E-state index contributed by atoms with van der Waals surface area (Å²) in [5, 5.41) is 19.4. The van der Waals surface area contributed by atoms with Crippen molar-refractivity contribution in [3.63, 3.8) is 0 Å². The van der Waals surface area contributed by atoms with Gasteiger partial charge in [0.1, 0.15) is 5.75 Å². The van der Waals surface area contributed by atoms with E-state index in [-0.39, 0.29) is 38.5 Å². The minimum Gasteiger partial charge on any atom is -0.481 e. The summed E-state index contributed by atoms with van der Waals surface area (Å²) in [4.78, 5) is 37.6. The zero-order chi connectivity index (χ0) is 20.9. The lowest BCUT2D eigenvalue weighted by Gasteiger charge is -2.40. The lowest BCUT2D eigenvalue weighted by atomic mass is 9.68. The number of likely N-dealkylation sites (tertiary alicyclic amines) is 1. The van der Waals surface area contributed by atoms with Crippen LogP contribution < -0.4 is 4.74 Å². The van der Waals surface area contributed by atoms with Gasteiger partial charge in [0, 0.05) is 32.2 Å². The average Bonchev–Trinajstić information content (AvgIpc) is 2.66. The highest BCUT2D eigenvalue weighted by molar-refractivity contribution is 6.00. The molecule has 1 saturated heterocycles. The van der Waals surface area contributed by atoms with Gasteiger partial charge >= 0.3 is 12.1 Å². The Morgan fingerprint density at radius 3 is 2.32 bits per heavy atom. The predicted octanol–water partition coefficient (Wildman–Crippen LogP) is 3.06. The summed E-state index contributed by atoms with van der Waals surface area (Å²) in [7, 11) is 1.48. The summed E-state index contributed by atoms with van der Waals surface area (Å²) in [5.41, 5.74) is 0.0267. The largest absolute Gasteiger partial charge is 0.481 e. The number of benzene rings is 1. The molecule has 0 radical (unpaired) electrons. The van der Waals surface area contributed by atoms with Crippen LogP contribution in [0.15, 0.2) is 12.1 Å². The molecule has 1 fully saturated rings. The third-order valence-corrected chi connectivity index (χ3v) is 5.30. The standard InChI is InChI=1S/C20H27NO7/c1-4-5-15(22)14-6-7-16(28-12-27-3)13(2)17(14)20(18(23)24)8-10-21(11-9-20)19(25)26/h6-7H,4-5,8-12H2,1-3H3,(H,23,24)(H,25,26). The summed E-state index contributed by atoms with van der Waals surface area (Å²) in [6.45, 7) is 3.79. The van der Waals surface area contributed by atoms with E-state index >= 15 is 0 Å². The molecule has 1 aliphatic rings. The number of amides is 1. The van der Waals surface area contributed by atoms with Crippen LogP contribution in [0.5, 0.6) is 5.75 Å². The van der Waals surface area contributed by atoms with Gasteiger partial charge in [-0.05, 0) is 49.4 Å². The van der Waals surface area contributed by atoms with Crippen LogP contribution in [0.25, 0.3) is 0 Å². The molecule has 2 N–H and O–H groups in total. The molecule has 1 aromatic carbocycles. The Kier molecular flexibility index (Phi) is 7.01. The molecule has 0 bridgehead atoms. The number of Topliss-reactive ketones (excluding diaryl/α,β-unsaturated/α-hetero) is 1. The van der Waals surface area contributed by atoms with Crippen molar-refractivity contribution in [1.82, 2.24) is 4.90 Å². The molecule has 1 heterocycles. The van der Waals surface area contributed by atoms with Crippen molar-refractivity contribution < 1.29 is 34.1 Å². The highest BCUT2D eigenvalue weighted by Crippen LogP contribution is 2.42. The Hall–Kier alpha value is -2.61. The summed E-state index contributed by atoms with van der Waals surface area (Å²) in [5.74, 6) is -0.735. The number of hydrogen-bond donors (Lipinski definition) is 2. The van der Waals surface area contributed by atoms with E-state index in [9.17, 15) is 24.6 Å². The number of aliphatic carboxylic acids is 1. The summed E-state index contributed by atoms with van der Waals surface area (Å²) in [6, 6.07) is 3.27. The first kappa shape index (κ1) is 21.7. The zero-order valence-corrected chi connectivity index (χ0v) is 16.5. The molecule has 154 valence electrons. The van der Waals surface area contributed by atoms with Crippen molar-refractivity contribution in [2.45, 2.75) is 44.9 Å². The van der Waals surface area contributed by atoms with Crippen molar-refractivity contribution >= 4 is 17.8 Å². The highest BCUT2D eigenvalue weighted by Gasteiger charge is 2.47. The number of nitrogens with zero attached hydrogens (tertiary/aromatic N) is 1. The van der Waals surface area contributed by atoms with Gasteiger partial charge in [0.2, 0.25) is 0 Å². The Balaban J connectivity index is 2.61. The Labute approximate surface area is 164 Å². The van der Waals surface area contributed by atoms with Gasteiger partial charge in [-0.15, -0.1) is 0 Å². The van der Waals surface area contributed by atoms with E-state index in [0.29, 0.717) is 35.3 Å². The van der Waals surface area contributed by atoms with Gasteiger partial charge < -0.3 is 24.6 Å². The van der Waals surface area contributed by atoms with Gasteiger partial charge in [-0.2, -0.15) is 0 Å². The van der Waals surface area contributed by atoms with Crippen LogP contribution in [0.2, 0.25) is 0 Å². The third kappa shape index (κ3) is 4.11. The molecule has 0 unspecified atom stereocenters. The fourth-order valence-corrected chi connectivity index (χ4v) is 3.83. The number of piperidine rings is 1. The van der Waals surface area contributed by atoms with Crippen molar-refractivity contribution in [2.75, 3.05) is 27.0 Å². The summed E-state index contributed by atoms with van der Waals surface area (Å²) >= 11 is 0. The second-order valence-corrected chi connectivity index (χ2v) is 6.99. The summed E-state index contributed by atoms with van der Waals surface area (Å²) in [6.07, 6.45) is 0.0640. The molecule has 28 heavy (non-hydrogen) atoms. The molecular weight excluding hydrogens is 366 g/mol. The zero-order valence-electron chi connectivity index (χ0n) is 16.5. The topological polar surface area (TPSA) is 113 Å². The number of ketones is 1. The van der Waals surface area contributed by atoms with E-state index in [2.05, 4.69) is 0 Å². The van der Waals surface area contributed by atoms with Crippen molar-refractivity contribution in [2.24, 2.45) is 0 Å². The first-order valence-electron chi connectivity index (χ1n) is 9.28. The molecule has 1 amide bonds. The number of rotatable bonds is 8. The Morgan fingerprint density at radius 1 is 1.18 bits per heavy atom. The molecule has 8 nitrogen and oxygen atoms in total. The fourth-order valence-electron chi connectivity index (χ4n) is 3.83. The number of carbonyl (C=O) groups excluding carboxylic acids is 1. The monoisotopic (exact) mass is 393 g/mol. The predicted molar refractivity (Wildman–Crippen MR) is 101 cm³/mol. The lowest BCUT2D eigenvalue weighted by molar-refractivity contribution is -0.145. The molecule has 0 spiro atoms. The molecule has 2 rings (SSSR count). The molecule has 1 aliphatic heterocycles. The van der Waals surface area contributed by atoms with Crippen molar-refractivity contribution in [3.8, 4) is 5.75 Å². The lowest BCUT2D eigenvalue weighted by Crippen LogP contribution is -2.49. The van der Waals surface area contributed by atoms with Crippen molar-refractivity contribution in [1.29, 1.82) is 0 Å². The number of carboxylic acid groups (broad SMARTS) is 2. The van der Waals surface area contributed by atoms with Gasteiger partial charge in [0.05, 0.1) is 5.41 Å².